The van der Waals surface area contributed by atoms with Gasteiger partial charge in [-0.3, -0.25) is 10.2 Å². The largest absolute Gasteiger partial charge is 0.323 e. The van der Waals surface area contributed by atoms with Crippen LogP contribution in [0.2, 0.25) is 0 Å². The van der Waals surface area contributed by atoms with Crippen molar-refractivity contribution >= 4 is 23.3 Å². The van der Waals surface area contributed by atoms with Crippen molar-refractivity contribution in [2.45, 2.75) is 0 Å². The zero-order chi connectivity index (χ0) is 17.6. The van der Waals surface area contributed by atoms with Gasteiger partial charge < -0.3 is 10.6 Å². The Morgan fingerprint density at radius 3 is 2.48 bits per heavy atom. The second kappa shape index (κ2) is 7.28. The van der Waals surface area contributed by atoms with Gasteiger partial charge in [-0.1, -0.05) is 24.3 Å². The topological polar surface area (TPSA) is 114 Å². The van der Waals surface area contributed by atoms with E-state index in [-0.39, 0.29) is 6.03 Å². The molecule has 0 unspecified atom stereocenters. The van der Waals surface area contributed by atoms with Crippen LogP contribution in [0, 0.1) is 0 Å². The molecule has 0 atom stereocenters. The molecule has 8 nitrogen and oxygen atoms in total. The van der Waals surface area contributed by atoms with Crippen LogP contribution in [0.1, 0.15) is 10.4 Å². The third-order valence-corrected chi connectivity index (χ3v) is 3.38. The Bertz CT molecular complexity index is 891. The van der Waals surface area contributed by atoms with Crippen LogP contribution < -0.4 is 21.9 Å². The lowest BCUT2D eigenvalue weighted by atomic mass is 10.2. The summed E-state index contributed by atoms with van der Waals surface area (Å²) in [5.41, 5.74) is 4.36. The van der Waals surface area contributed by atoms with Crippen LogP contribution in [-0.4, -0.2) is 21.7 Å². The van der Waals surface area contributed by atoms with E-state index >= 15 is 0 Å². The molecule has 3 rings (SSSR count). The van der Waals surface area contributed by atoms with Gasteiger partial charge in [-0.15, -0.1) is 0 Å². The van der Waals surface area contributed by atoms with Crippen LogP contribution in [-0.2, 0) is 0 Å². The van der Waals surface area contributed by atoms with Gasteiger partial charge in [0.1, 0.15) is 0 Å². The number of nitrogen functional groups attached to an aromatic ring is 1. The fourth-order valence-electron chi connectivity index (χ4n) is 2.22. The fraction of sp³-hybridized carbons (Fsp3) is 0. The molecule has 8 heteroatoms. The van der Waals surface area contributed by atoms with E-state index in [4.69, 9.17) is 5.84 Å². The van der Waals surface area contributed by atoms with Gasteiger partial charge in [0.25, 0.3) is 5.91 Å². The molecule has 0 aliphatic carbocycles. The van der Waals surface area contributed by atoms with Crippen LogP contribution in [0.5, 0.6) is 0 Å². The van der Waals surface area contributed by atoms with Crippen molar-refractivity contribution in [3.8, 4) is 5.69 Å². The average molecular weight is 336 g/mol. The molecule has 0 saturated heterocycles. The molecule has 2 aromatic carbocycles. The van der Waals surface area contributed by atoms with Gasteiger partial charge in [0.15, 0.2) is 0 Å². The number of nitrogens with two attached hydrogens (primary N) is 1. The second-order valence-electron chi connectivity index (χ2n) is 5.14. The number of rotatable bonds is 4. The first-order chi connectivity index (χ1) is 12.2. The maximum absolute atomic E-state index is 12.0. The predicted octanol–water partition coefficient (Wildman–Crippen LogP) is 2.12. The van der Waals surface area contributed by atoms with Crippen LogP contribution >= 0.6 is 0 Å². The summed E-state index contributed by atoms with van der Waals surface area (Å²) < 4.78 is 1.55. The van der Waals surface area contributed by atoms with Crippen molar-refractivity contribution in [1.82, 2.24) is 15.2 Å². The number of para-hydroxylation sites is 1. The zero-order valence-corrected chi connectivity index (χ0v) is 13.1. The number of amides is 3. The Kier molecular flexibility index (Phi) is 4.72. The summed E-state index contributed by atoms with van der Waals surface area (Å²) in [6.45, 7) is 0. The minimum atomic E-state index is -0.394. The summed E-state index contributed by atoms with van der Waals surface area (Å²) in [5, 5.41) is 9.60. The molecule has 0 saturated carbocycles. The molecule has 0 fully saturated rings. The fourth-order valence-corrected chi connectivity index (χ4v) is 2.22. The van der Waals surface area contributed by atoms with Crippen LogP contribution in [0.15, 0.2) is 67.0 Å². The Hall–Kier alpha value is -3.65. The lowest BCUT2D eigenvalue weighted by Gasteiger charge is -2.06. The lowest BCUT2D eigenvalue weighted by Crippen LogP contribution is -2.30. The van der Waals surface area contributed by atoms with Gasteiger partial charge in [-0.2, -0.15) is 5.10 Å². The number of carbonyl (C=O) groups is 2. The number of anilines is 2. The molecule has 1 heterocycles. The quantitative estimate of drug-likeness (QED) is 0.332. The number of hydrazine groups is 1. The summed E-state index contributed by atoms with van der Waals surface area (Å²) in [6, 6.07) is 15.5. The van der Waals surface area contributed by atoms with E-state index in [9.17, 15) is 9.59 Å². The minimum absolute atomic E-state index is 0.373. The maximum Gasteiger partial charge on any atom is 0.323 e. The van der Waals surface area contributed by atoms with Gasteiger partial charge in [0, 0.05) is 11.3 Å². The van der Waals surface area contributed by atoms with E-state index < -0.39 is 5.91 Å². The highest BCUT2D eigenvalue weighted by Gasteiger charge is 2.08. The average Bonchev–Trinajstić information content (AvgIpc) is 3.10. The molecule has 126 valence electrons. The Morgan fingerprint density at radius 1 is 0.960 bits per heavy atom. The summed E-state index contributed by atoms with van der Waals surface area (Å²) in [7, 11) is 0. The molecule has 0 aliphatic heterocycles. The Morgan fingerprint density at radius 2 is 1.72 bits per heavy atom. The predicted molar refractivity (Wildman–Crippen MR) is 94.3 cm³/mol. The molecule has 5 N–H and O–H groups in total. The van der Waals surface area contributed by atoms with Crippen molar-refractivity contribution in [1.29, 1.82) is 0 Å². The van der Waals surface area contributed by atoms with Gasteiger partial charge >= 0.3 is 6.03 Å². The normalized spacial score (nSPS) is 10.1. The van der Waals surface area contributed by atoms with Gasteiger partial charge in [0.2, 0.25) is 0 Å². The highest BCUT2D eigenvalue weighted by molar-refractivity contribution is 5.99. The molecule has 0 spiro atoms. The first-order valence-electron chi connectivity index (χ1n) is 7.45. The first kappa shape index (κ1) is 16.2. The standard InChI is InChI=1S/C17H16N6O2/c18-22-16(24)12-5-4-8-15(9-12)23-11-14(10-19-23)21-17(25)20-13-6-2-1-3-7-13/h1-11H,18H2,(H,22,24)(H2,20,21,25). The lowest BCUT2D eigenvalue weighted by molar-refractivity contribution is 0.0953. The van der Waals surface area contributed by atoms with Gasteiger partial charge in [-0.05, 0) is 30.3 Å². The van der Waals surface area contributed by atoms with E-state index in [0.29, 0.717) is 22.6 Å². The molecule has 1 aromatic heterocycles. The van der Waals surface area contributed by atoms with Gasteiger partial charge in [-0.25, -0.2) is 15.3 Å². The third-order valence-electron chi connectivity index (χ3n) is 3.38. The molecule has 0 aliphatic rings. The van der Waals surface area contributed by atoms with Crippen LogP contribution in [0.4, 0.5) is 16.2 Å². The van der Waals surface area contributed by atoms with Crippen molar-refractivity contribution in [2.75, 3.05) is 10.6 Å². The van der Waals surface area contributed by atoms with Gasteiger partial charge in [0.05, 0.1) is 23.8 Å². The molecular weight excluding hydrogens is 320 g/mol. The number of nitrogens with zero attached hydrogens (tertiary/aromatic N) is 2. The Labute approximate surface area is 143 Å². The first-order valence-corrected chi connectivity index (χ1v) is 7.45. The summed E-state index contributed by atoms with van der Waals surface area (Å²) >= 11 is 0. The molecular formula is C17H16N6O2. The number of urea groups is 1. The minimum Gasteiger partial charge on any atom is -0.308 e. The number of benzene rings is 2. The number of hydrogen-bond donors (Lipinski definition) is 4. The van der Waals surface area contributed by atoms with Crippen LogP contribution in [0.25, 0.3) is 5.69 Å². The van der Waals surface area contributed by atoms with Crippen LogP contribution in [0.3, 0.4) is 0 Å². The summed E-state index contributed by atoms with van der Waals surface area (Å²) in [5.74, 6) is 4.74. The smallest absolute Gasteiger partial charge is 0.308 e. The Balaban J connectivity index is 1.70. The maximum atomic E-state index is 12.0. The van der Waals surface area contributed by atoms with E-state index in [0.717, 1.165) is 0 Å². The zero-order valence-electron chi connectivity index (χ0n) is 13.1. The number of nitrogens with one attached hydrogen (secondary N) is 3. The van der Waals surface area contributed by atoms with E-state index in [1.807, 2.05) is 18.2 Å². The second-order valence-corrected chi connectivity index (χ2v) is 5.14. The van der Waals surface area contributed by atoms with E-state index in [2.05, 4.69) is 21.2 Å². The SMILES string of the molecule is NNC(=O)c1cccc(-n2cc(NC(=O)Nc3ccccc3)cn2)c1. The molecule has 3 aromatic rings. The van der Waals surface area contributed by atoms with Crippen molar-refractivity contribution in [2.24, 2.45) is 5.84 Å². The van der Waals surface area contributed by atoms with E-state index in [1.54, 1.807) is 47.3 Å². The molecule has 0 radical (unpaired) electrons. The summed E-state index contributed by atoms with van der Waals surface area (Å²) in [6.07, 6.45) is 3.16. The molecule has 0 bridgehead atoms. The number of hydrogen-bond acceptors (Lipinski definition) is 4. The summed E-state index contributed by atoms with van der Waals surface area (Å²) in [4.78, 5) is 23.6. The monoisotopic (exact) mass is 336 g/mol. The number of aromatic nitrogens is 2. The number of carbonyl (C=O) groups excluding carboxylic acids is 2. The van der Waals surface area contributed by atoms with E-state index in [1.165, 1.54) is 6.20 Å². The van der Waals surface area contributed by atoms with Crippen molar-refractivity contribution < 1.29 is 9.59 Å². The molecule has 3 amide bonds. The highest BCUT2D eigenvalue weighted by Crippen LogP contribution is 2.14. The van der Waals surface area contributed by atoms with Crippen molar-refractivity contribution in [3.63, 3.8) is 0 Å². The highest BCUT2D eigenvalue weighted by atomic mass is 16.2. The molecule has 25 heavy (non-hydrogen) atoms. The van der Waals surface area contributed by atoms with Crippen molar-refractivity contribution in [3.05, 3.63) is 72.6 Å². The third kappa shape index (κ3) is 4.01.